The molecule has 0 saturated carbocycles. The first-order valence-electron chi connectivity index (χ1n) is 13.0. The lowest BCUT2D eigenvalue weighted by Gasteiger charge is -2.29. The molecule has 0 saturated heterocycles. The van der Waals surface area contributed by atoms with Gasteiger partial charge in [0.15, 0.2) is 36.3 Å². The normalized spacial score (nSPS) is 13.4. The average molecular weight is 555 g/mol. The van der Waals surface area contributed by atoms with Crippen molar-refractivity contribution in [3.8, 4) is 23.0 Å². The van der Waals surface area contributed by atoms with Crippen LogP contribution in [-0.4, -0.2) is 37.6 Å². The van der Waals surface area contributed by atoms with Crippen molar-refractivity contribution >= 4 is 23.3 Å². The zero-order valence-corrected chi connectivity index (χ0v) is 22.2. The number of carbonyl (C=O) groups is 3. The maximum Gasteiger partial charge on any atom is 0.287 e. The number of anilines is 1. The van der Waals surface area contributed by atoms with Crippen molar-refractivity contribution in [2.24, 2.45) is 0 Å². The first-order chi connectivity index (χ1) is 19.9. The van der Waals surface area contributed by atoms with Crippen LogP contribution in [0.5, 0.6) is 23.0 Å². The summed E-state index contributed by atoms with van der Waals surface area (Å²) in [4.78, 5) is 39.9. The minimum Gasteiger partial charge on any atom is -0.485 e. The number of nitrogens with zero attached hydrogens (tertiary/aromatic N) is 1. The van der Waals surface area contributed by atoms with Gasteiger partial charge in [-0.15, -0.1) is 0 Å². The van der Waals surface area contributed by atoms with E-state index in [0.717, 1.165) is 11.1 Å². The van der Waals surface area contributed by atoms with Crippen LogP contribution in [0.2, 0.25) is 0 Å². The van der Waals surface area contributed by atoms with Gasteiger partial charge in [-0.25, -0.2) is 0 Å². The number of ketones is 1. The number of nitrogens with one attached hydrogen (secondary N) is 1. The summed E-state index contributed by atoms with van der Waals surface area (Å²) in [6, 6.07) is 21.0. The summed E-state index contributed by atoms with van der Waals surface area (Å²) in [6.45, 7) is 2.17. The summed E-state index contributed by atoms with van der Waals surface area (Å²) >= 11 is 0. The molecular formula is C31H26N2O8. The van der Waals surface area contributed by atoms with E-state index >= 15 is 0 Å². The third kappa shape index (κ3) is 5.72. The summed E-state index contributed by atoms with van der Waals surface area (Å²) < 4.78 is 27.7. The summed E-state index contributed by atoms with van der Waals surface area (Å²) in [5, 5.41) is 2.82. The van der Waals surface area contributed by atoms with Crippen LogP contribution < -0.4 is 29.2 Å². The zero-order chi connectivity index (χ0) is 28.3. The van der Waals surface area contributed by atoms with E-state index in [9.17, 15) is 14.4 Å². The number of Topliss-reactive ketones (excluding diaryl/α,β-unsaturated/α-hetero) is 1. The molecule has 1 N–H and O–H groups in total. The number of furan rings is 1. The summed E-state index contributed by atoms with van der Waals surface area (Å²) in [7, 11) is 0. The fourth-order valence-electron chi connectivity index (χ4n) is 4.48. The smallest absolute Gasteiger partial charge is 0.287 e. The number of carbonyl (C=O) groups excluding carboxylic acids is 3. The van der Waals surface area contributed by atoms with Gasteiger partial charge >= 0.3 is 0 Å². The molecule has 6 rings (SSSR count). The summed E-state index contributed by atoms with van der Waals surface area (Å²) in [5.41, 5.74) is 2.75. The topological polar surface area (TPSA) is 117 Å². The standard InChI is InChI=1S/C31H26N2O8/c1-19-2-6-22(7-3-19)37-16-25(34)21-5-10-26-24(13-21)33(30(35)17-38-26)15-23-8-11-28(41-23)31(36)32-14-20-4-9-27-29(12-20)40-18-39-27/h2-13H,14-18H2,1H3,(H,32,36). The molecule has 2 aliphatic rings. The molecule has 2 amide bonds. The van der Waals surface area contributed by atoms with Gasteiger partial charge in [0, 0.05) is 12.1 Å². The third-order valence-corrected chi connectivity index (χ3v) is 6.70. The van der Waals surface area contributed by atoms with Gasteiger partial charge in [-0.05, 0) is 67.1 Å². The molecule has 208 valence electrons. The maximum absolute atomic E-state index is 12.9. The molecule has 0 bridgehead atoms. The Kier molecular flexibility index (Phi) is 7.03. The number of amides is 2. The van der Waals surface area contributed by atoms with E-state index in [4.69, 9.17) is 23.4 Å². The van der Waals surface area contributed by atoms with Crippen molar-refractivity contribution in [3.63, 3.8) is 0 Å². The highest BCUT2D eigenvalue weighted by Gasteiger charge is 2.28. The molecule has 0 spiro atoms. The number of ether oxygens (including phenoxy) is 4. The highest BCUT2D eigenvalue weighted by Crippen LogP contribution is 2.35. The van der Waals surface area contributed by atoms with E-state index in [0.29, 0.717) is 40.0 Å². The van der Waals surface area contributed by atoms with Gasteiger partial charge in [0.2, 0.25) is 6.79 Å². The number of benzene rings is 3. The molecule has 10 heteroatoms. The quantitative estimate of drug-likeness (QED) is 0.302. The van der Waals surface area contributed by atoms with E-state index in [1.165, 1.54) is 4.90 Å². The Labute approximate surface area is 235 Å². The van der Waals surface area contributed by atoms with Gasteiger partial charge in [-0.3, -0.25) is 19.3 Å². The molecular weight excluding hydrogens is 528 g/mol. The fraction of sp³-hybridized carbons (Fsp3) is 0.194. The van der Waals surface area contributed by atoms with Gasteiger partial charge in [0.1, 0.15) is 17.3 Å². The van der Waals surface area contributed by atoms with Gasteiger partial charge < -0.3 is 28.7 Å². The summed E-state index contributed by atoms with van der Waals surface area (Å²) in [6.07, 6.45) is 0. The van der Waals surface area contributed by atoms with Crippen molar-refractivity contribution in [2.45, 2.75) is 20.0 Å². The number of hydrogen-bond donors (Lipinski definition) is 1. The van der Waals surface area contributed by atoms with E-state index in [1.54, 1.807) is 48.5 Å². The monoisotopic (exact) mass is 554 g/mol. The minimum atomic E-state index is -0.399. The molecule has 2 aliphatic heterocycles. The van der Waals surface area contributed by atoms with Crippen molar-refractivity contribution in [2.75, 3.05) is 24.9 Å². The Hall–Kier alpha value is -5.25. The molecule has 0 radical (unpaired) electrons. The van der Waals surface area contributed by atoms with Crippen molar-refractivity contribution in [1.82, 2.24) is 5.32 Å². The molecule has 0 atom stereocenters. The molecule has 10 nitrogen and oxygen atoms in total. The molecule has 3 heterocycles. The fourth-order valence-corrected chi connectivity index (χ4v) is 4.48. The van der Waals surface area contributed by atoms with Gasteiger partial charge in [0.05, 0.1) is 12.2 Å². The molecule has 4 aromatic rings. The Morgan fingerprint density at radius 1 is 0.902 bits per heavy atom. The first-order valence-corrected chi connectivity index (χ1v) is 13.0. The van der Waals surface area contributed by atoms with Crippen LogP contribution in [0.4, 0.5) is 5.69 Å². The molecule has 0 unspecified atom stereocenters. The molecule has 3 aromatic carbocycles. The molecule has 0 fully saturated rings. The first kappa shape index (κ1) is 26.0. The van der Waals surface area contributed by atoms with Crippen molar-refractivity contribution < 1.29 is 37.7 Å². The van der Waals surface area contributed by atoms with Crippen LogP contribution in [0.1, 0.15) is 37.8 Å². The van der Waals surface area contributed by atoms with Gasteiger partial charge in [-0.1, -0.05) is 23.8 Å². The van der Waals surface area contributed by atoms with Crippen LogP contribution in [0.15, 0.2) is 77.2 Å². The van der Waals surface area contributed by atoms with Crippen LogP contribution in [0.25, 0.3) is 0 Å². The van der Waals surface area contributed by atoms with E-state index in [2.05, 4.69) is 5.32 Å². The lowest BCUT2D eigenvalue weighted by atomic mass is 10.1. The second kappa shape index (κ2) is 11.1. The van der Waals surface area contributed by atoms with Gasteiger partial charge in [0.25, 0.3) is 11.8 Å². The lowest BCUT2D eigenvalue weighted by molar-refractivity contribution is -0.121. The third-order valence-electron chi connectivity index (χ3n) is 6.70. The summed E-state index contributed by atoms with van der Waals surface area (Å²) in [5.74, 6) is 1.93. The Morgan fingerprint density at radius 2 is 1.71 bits per heavy atom. The van der Waals surface area contributed by atoms with E-state index < -0.39 is 5.91 Å². The predicted octanol–water partition coefficient (Wildman–Crippen LogP) is 4.43. The SMILES string of the molecule is Cc1ccc(OCC(=O)c2ccc3c(c2)N(Cc2ccc(C(=O)NCc4ccc5c(c4)OCO5)o2)C(=O)CO3)cc1. The second-order valence-electron chi connectivity index (χ2n) is 9.61. The van der Waals surface area contributed by atoms with Crippen LogP contribution in [0, 0.1) is 6.92 Å². The molecule has 0 aliphatic carbocycles. The Balaban J connectivity index is 1.11. The number of fused-ring (bicyclic) bond motifs is 2. The van der Waals surface area contributed by atoms with Crippen molar-refractivity contribution in [3.05, 3.63) is 101 Å². The average Bonchev–Trinajstić information content (AvgIpc) is 3.66. The van der Waals surface area contributed by atoms with E-state index in [-0.39, 0.29) is 50.5 Å². The number of aryl methyl sites for hydroxylation is 1. The zero-order valence-electron chi connectivity index (χ0n) is 22.2. The highest BCUT2D eigenvalue weighted by molar-refractivity contribution is 6.02. The lowest BCUT2D eigenvalue weighted by Crippen LogP contribution is -2.38. The highest BCUT2D eigenvalue weighted by atomic mass is 16.7. The molecule has 41 heavy (non-hydrogen) atoms. The second-order valence-corrected chi connectivity index (χ2v) is 9.61. The largest absolute Gasteiger partial charge is 0.485 e. The van der Waals surface area contributed by atoms with E-state index in [1.807, 2.05) is 31.2 Å². The van der Waals surface area contributed by atoms with Crippen LogP contribution in [-0.2, 0) is 17.9 Å². The van der Waals surface area contributed by atoms with Crippen LogP contribution in [0.3, 0.4) is 0 Å². The predicted molar refractivity (Wildman–Crippen MR) is 147 cm³/mol. The Bertz CT molecular complexity index is 1630. The number of rotatable bonds is 9. The maximum atomic E-state index is 12.9. The van der Waals surface area contributed by atoms with Crippen LogP contribution >= 0.6 is 0 Å². The molecule has 1 aromatic heterocycles. The van der Waals surface area contributed by atoms with Gasteiger partial charge in [-0.2, -0.15) is 0 Å². The number of hydrogen-bond acceptors (Lipinski definition) is 8. The van der Waals surface area contributed by atoms with Crippen molar-refractivity contribution in [1.29, 1.82) is 0 Å². The Morgan fingerprint density at radius 3 is 2.56 bits per heavy atom. The minimum absolute atomic E-state index is 0.0577.